The van der Waals surface area contributed by atoms with E-state index in [4.69, 9.17) is 0 Å². The molecule has 0 atom stereocenters. The van der Waals surface area contributed by atoms with Crippen LogP contribution >= 0.6 is 0 Å². The third-order valence-corrected chi connectivity index (χ3v) is 3.84. The molecule has 2 heterocycles. The van der Waals surface area contributed by atoms with Gasteiger partial charge in [-0.15, -0.1) is 5.10 Å². The summed E-state index contributed by atoms with van der Waals surface area (Å²) < 4.78 is 37.7. The molecular weight excluding hydrogens is 321 g/mol. The maximum atomic E-state index is 12.6. The van der Waals surface area contributed by atoms with Gasteiger partial charge in [0.15, 0.2) is 5.82 Å². The van der Waals surface area contributed by atoms with E-state index in [1.807, 2.05) is 0 Å². The lowest BCUT2D eigenvalue weighted by molar-refractivity contribution is -0.137. The van der Waals surface area contributed by atoms with E-state index in [-0.39, 0.29) is 5.95 Å². The third kappa shape index (κ3) is 3.91. The molecule has 1 N–H and O–H groups in total. The maximum Gasteiger partial charge on any atom is 0.416 e. The Morgan fingerprint density at radius 1 is 1.04 bits per heavy atom. The van der Waals surface area contributed by atoms with E-state index in [0.717, 1.165) is 38.3 Å². The first-order valence-corrected chi connectivity index (χ1v) is 7.49. The van der Waals surface area contributed by atoms with E-state index in [0.29, 0.717) is 11.5 Å². The smallest absolute Gasteiger partial charge is 0.353 e. The highest BCUT2D eigenvalue weighted by Crippen LogP contribution is 2.30. The Labute approximate surface area is 137 Å². The van der Waals surface area contributed by atoms with Crippen molar-refractivity contribution in [2.24, 2.45) is 0 Å². The zero-order valence-electron chi connectivity index (χ0n) is 13.1. The van der Waals surface area contributed by atoms with Gasteiger partial charge >= 0.3 is 6.18 Å². The number of rotatable bonds is 3. The molecule has 1 fully saturated rings. The van der Waals surface area contributed by atoms with E-state index in [1.165, 1.54) is 12.1 Å². The third-order valence-electron chi connectivity index (χ3n) is 3.84. The summed E-state index contributed by atoms with van der Waals surface area (Å²) in [4.78, 5) is 8.72. The van der Waals surface area contributed by atoms with Crippen LogP contribution in [-0.4, -0.2) is 53.3 Å². The molecule has 0 amide bonds. The average molecular weight is 338 g/mol. The second-order valence-corrected chi connectivity index (χ2v) is 5.63. The molecule has 0 saturated carbocycles. The number of anilines is 3. The number of alkyl halides is 3. The van der Waals surface area contributed by atoms with Gasteiger partial charge in [-0.3, -0.25) is 0 Å². The quantitative estimate of drug-likeness (QED) is 0.927. The summed E-state index contributed by atoms with van der Waals surface area (Å²) in [5.74, 6) is 0.957. The van der Waals surface area contributed by atoms with Crippen LogP contribution in [0, 0.1) is 0 Å². The summed E-state index contributed by atoms with van der Waals surface area (Å²) in [7, 11) is 2.06. The molecule has 1 aliphatic heterocycles. The van der Waals surface area contributed by atoms with Crippen LogP contribution in [0.25, 0.3) is 0 Å². The number of nitrogens with zero attached hydrogens (tertiary/aromatic N) is 5. The van der Waals surface area contributed by atoms with Gasteiger partial charge in [0.25, 0.3) is 0 Å². The Balaban J connectivity index is 1.70. The predicted octanol–water partition coefficient (Wildman–Crippen LogP) is 2.39. The average Bonchev–Trinajstić information content (AvgIpc) is 2.55. The molecule has 1 aromatic heterocycles. The van der Waals surface area contributed by atoms with Gasteiger partial charge in [0.2, 0.25) is 5.95 Å². The number of piperazine rings is 1. The zero-order chi connectivity index (χ0) is 17.2. The van der Waals surface area contributed by atoms with Crippen molar-refractivity contribution >= 4 is 17.5 Å². The Kier molecular flexibility index (Phi) is 4.52. The van der Waals surface area contributed by atoms with Crippen LogP contribution in [-0.2, 0) is 6.18 Å². The van der Waals surface area contributed by atoms with Gasteiger partial charge in [-0.1, -0.05) is 0 Å². The van der Waals surface area contributed by atoms with E-state index >= 15 is 0 Å². The van der Waals surface area contributed by atoms with Gasteiger partial charge in [-0.05, 0) is 31.3 Å². The van der Waals surface area contributed by atoms with E-state index in [1.54, 1.807) is 6.20 Å². The molecule has 2 aromatic rings. The SMILES string of the molecule is CN1CCN(c2cnnc(Nc3ccc(C(F)(F)F)cc3)n2)CC1. The molecule has 0 unspecified atom stereocenters. The Morgan fingerprint density at radius 2 is 1.71 bits per heavy atom. The van der Waals surface area contributed by atoms with Crippen molar-refractivity contribution in [3.63, 3.8) is 0 Å². The highest BCUT2D eigenvalue weighted by molar-refractivity contribution is 5.55. The fourth-order valence-electron chi connectivity index (χ4n) is 2.41. The number of halogens is 3. The predicted molar refractivity (Wildman–Crippen MR) is 84.3 cm³/mol. The lowest BCUT2D eigenvalue weighted by atomic mass is 10.2. The summed E-state index contributed by atoms with van der Waals surface area (Å²) in [6.45, 7) is 3.56. The highest BCUT2D eigenvalue weighted by Gasteiger charge is 2.29. The van der Waals surface area contributed by atoms with Gasteiger partial charge < -0.3 is 15.1 Å². The lowest BCUT2D eigenvalue weighted by Gasteiger charge is -2.32. The Hall–Kier alpha value is -2.42. The molecule has 9 heteroatoms. The normalized spacial score (nSPS) is 16.2. The molecule has 3 rings (SSSR count). The van der Waals surface area contributed by atoms with Crippen molar-refractivity contribution in [3.05, 3.63) is 36.0 Å². The zero-order valence-corrected chi connectivity index (χ0v) is 13.1. The van der Waals surface area contributed by atoms with Crippen LogP contribution in [0.1, 0.15) is 5.56 Å². The van der Waals surface area contributed by atoms with Crippen LogP contribution in [0.15, 0.2) is 30.5 Å². The van der Waals surface area contributed by atoms with Crippen molar-refractivity contribution < 1.29 is 13.2 Å². The summed E-state index contributed by atoms with van der Waals surface area (Å²) in [6.07, 6.45) is -2.76. The summed E-state index contributed by atoms with van der Waals surface area (Å²) in [6, 6.07) is 4.71. The van der Waals surface area contributed by atoms with Gasteiger partial charge in [-0.25, -0.2) is 0 Å². The second kappa shape index (κ2) is 6.60. The van der Waals surface area contributed by atoms with Crippen LogP contribution in [0.3, 0.4) is 0 Å². The monoisotopic (exact) mass is 338 g/mol. The minimum Gasteiger partial charge on any atom is -0.353 e. The summed E-state index contributed by atoms with van der Waals surface area (Å²) in [5, 5.41) is 10.7. The Morgan fingerprint density at radius 3 is 2.33 bits per heavy atom. The standard InChI is InChI=1S/C15H17F3N6/c1-23-6-8-24(9-7-23)13-10-19-22-14(21-13)20-12-4-2-11(3-5-12)15(16,17)18/h2-5,10H,6-9H2,1H3,(H,20,21,22). The first-order valence-electron chi connectivity index (χ1n) is 7.49. The van der Waals surface area contributed by atoms with Crippen LogP contribution in [0.5, 0.6) is 0 Å². The van der Waals surface area contributed by atoms with Crippen molar-refractivity contribution in [1.29, 1.82) is 0 Å². The molecule has 1 saturated heterocycles. The molecule has 0 radical (unpaired) electrons. The van der Waals surface area contributed by atoms with Gasteiger partial charge in [0.05, 0.1) is 11.8 Å². The fraction of sp³-hybridized carbons (Fsp3) is 0.400. The number of hydrogen-bond donors (Lipinski definition) is 1. The van der Waals surface area contributed by atoms with Crippen LogP contribution < -0.4 is 10.2 Å². The lowest BCUT2D eigenvalue weighted by Crippen LogP contribution is -2.44. The fourth-order valence-corrected chi connectivity index (χ4v) is 2.41. The molecular formula is C15H17F3N6. The highest BCUT2D eigenvalue weighted by atomic mass is 19.4. The van der Waals surface area contributed by atoms with Crippen molar-refractivity contribution in [2.75, 3.05) is 43.4 Å². The molecule has 1 aromatic carbocycles. The van der Waals surface area contributed by atoms with Crippen molar-refractivity contribution in [2.45, 2.75) is 6.18 Å². The van der Waals surface area contributed by atoms with Gasteiger partial charge in [0.1, 0.15) is 0 Å². The van der Waals surface area contributed by atoms with Crippen LogP contribution in [0.2, 0.25) is 0 Å². The molecule has 0 bridgehead atoms. The number of aromatic nitrogens is 3. The summed E-state index contributed by atoms with van der Waals surface area (Å²) >= 11 is 0. The number of likely N-dealkylation sites (N-methyl/N-ethyl adjacent to an activating group) is 1. The molecule has 0 aliphatic carbocycles. The van der Waals surface area contributed by atoms with Gasteiger partial charge in [-0.2, -0.15) is 23.3 Å². The number of nitrogens with one attached hydrogen (secondary N) is 1. The van der Waals surface area contributed by atoms with Crippen molar-refractivity contribution in [1.82, 2.24) is 20.1 Å². The van der Waals surface area contributed by atoms with E-state index in [2.05, 4.69) is 37.3 Å². The molecule has 24 heavy (non-hydrogen) atoms. The van der Waals surface area contributed by atoms with Gasteiger partial charge in [0, 0.05) is 31.9 Å². The molecule has 1 aliphatic rings. The van der Waals surface area contributed by atoms with E-state index < -0.39 is 11.7 Å². The first kappa shape index (κ1) is 16.4. The van der Waals surface area contributed by atoms with E-state index in [9.17, 15) is 13.2 Å². The van der Waals surface area contributed by atoms with Crippen LogP contribution in [0.4, 0.5) is 30.6 Å². The largest absolute Gasteiger partial charge is 0.416 e. The Bertz CT molecular complexity index is 680. The minimum atomic E-state index is -4.35. The first-order chi connectivity index (χ1) is 11.4. The topological polar surface area (TPSA) is 57.2 Å². The minimum absolute atomic E-state index is 0.256. The number of hydrogen-bond acceptors (Lipinski definition) is 6. The maximum absolute atomic E-state index is 12.6. The van der Waals surface area contributed by atoms with Crippen molar-refractivity contribution in [3.8, 4) is 0 Å². The summed E-state index contributed by atoms with van der Waals surface area (Å²) in [5.41, 5.74) is -0.224. The number of benzene rings is 1. The second-order valence-electron chi connectivity index (χ2n) is 5.63. The molecule has 128 valence electrons. The molecule has 0 spiro atoms. The molecule has 6 nitrogen and oxygen atoms in total.